The lowest BCUT2D eigenvalue weighted by Crippen LogP contribution is -2.23. The molecule has 18 heavy (non-hydrogen) atoms. The van der Waals surface area contributed by atoms with Crippen LogP contribution in [0.3, 0.4) is 0 Å². The van der Waals surface area contributed by atoms with E-state index in [0.29, 0.717) is 13.2 Å². The lowest BCUT2D eigenvalue weighted by Gasteiger charge is -2.06. The van der Waals surface area contributed by atoms with Crippen LogP contribution in [0.5, 0.6) is 0 Å². The van der Waals surface area contributed by atoms with Crippen molar-refractivity contribution < 1.29 is 19.4 Å². The lowest BCUT2D eigenvalue weighted by atomic mass is 10.1. The number of amides is 1. The molecule has 0 heterocycles. The number of carboxylic acid groups (broad SMARTS) is 1. The van der Waals surface area contributed by atoms with E-state index >= 15 is 0 Å². The summed E-state index contributed by atoms with van der Waals surface area (Å²) < 4.78 is 5.02. The summed E-state index contributed by atoms with van der Waals surface area (Å²) in [4.78, 5) is 21.6. The second-order valence-corrected chi connectivity index (χ2v) is 3.92. The number of hydrogen-bond acceptors (Lipinski definition) is 3. The van der Waals surface area contributed by atoms with Crippen LogP contribution in [0.15, 0.2) is 24.3 Å². The molecule has 1 amide bonds. The standard InChI is InChI=1S/C13H17NO4/c1-18-9-11-4-2-3-10(7-11)8-14-12(15)5-6-13(16)17/h2-4,7H,5-6,8-9H2,1H3,(H,14,15)(H,16,17). The Morgan fingerprint density at radius 1 is 1.28 bits per heavy atom. The number of benzene rings is 1. The smallest absolute Gasteiger partial charge is 0.303 e. The average Bonchev–Trinajstić information content (AvgIpc) is 2.35. The van der Waals surface area contributed by atoms with Crippen molar-refractivity contribution in [3.8, 4) is 0 Å². The van der Waals surface area contributed by atoms with Crippen LogP contribution in [0.25, 0.3) is 0 Å². The molecule has 0 aliphatic heterocycles. The van der Waals surface area contributed by atoms with Crippen LogP contribution in [0.1, 0.15) is 24.0 Å². The molecule has 98 valence electrons. The van der Waals surface area contributed by atoms with Gasteiger partial charge in [0.05, 0.1) is 13.0 Å². The number of carboxylic acids is 1. The highest BCUT2D eigenvalue weighted by atomic mass is 16.5. The SMILES string of the molecule is COCc1cccc(CNC(=O)CCC(=O)O)c1. The number of methoxy groups -OCH3 is 1. The van der Waals surface area contributed by atoms with Gasteiger partial charge in [-0.25, -0.2) is 0 Å². The Bertz CT molecular complexity index is 417. The van der Waals surface area contributed by atoms with E-state index in [-0.39, 0.29) is 18.7 Å². The van der Waals surface area contributed by atoms with Gasteiger partial charge in [0.15, 0.2) is 0 Å². The van der Waals surface area contributed by atoms with Gasteiger partial charge in [-0.05, 0) is 11.1 Å². The molecule has 0 aliphatic carbocycles. The quantitative estimate of drug-likeness (QED) is 0.766. The Hall–Kier alpha value is -1.88. The van der Waals surface area contributed by atoms with Crippen LogP contribution in [0, 0.1) is 0 Å². The first-order valence-electron chi connectivity index (χ1n) is 5.67. The van der Waals surface area contributed by atoms with Crippen molar-refractivity contribution >= 4 is 11.9 Å². The van der Waals surface area contributed by atoms with Crippen LogP contribution >= 0.6 is 0 Å². The molecular formula is C13H17NO4. The largest absolute Gasteiger partial charge is 0.481 e. The highest BCUT2D eigenvalue weighted by molar-refractivity contribution is 5.80. The van der Waals surface area contributed by atoms with Crippen LogP contribution in [-0.4, -0.2) is 24.1 Å². The molecule has 0 saturated carbocycles. The summed E-state index contributed by atoms with van der Waals surface area (Å²) in [7, 11) is 1.63. The minimum Gasteiger partial charge on any atom is -0.481 e. The third-order valence-electron chi connectivity index (χ3n) is 2.36. The maximum absolute atomic E-state index is 11.3. The van der Waals surface area contributed by atoms with Crippen molar-refractivity contribution in [3.63, 3.8) is 0 Å². The van der Waals surface area contributed by atoms with Gasteiger partial charge in [-0.1, -0.05) is 24.3 Å². The van der Waals surface area contributed by atoms with Gasteiger partial charge in [-0.2, -0.15) is 0 Å². The number of carbonyl (C=O) groups excluding carboxylic acids is 1. The highest BCUT2D eigenvalue weighted by Gasteiger charge is 2.05. The van der Waals surface area contributed by atoms with E-state index in [1.807, 2.05) is 24.3 Å². The van der Waals surface area contributed by atoms with Gasteiger partial charge in [0.1, 0.15) is 0 Å². The maximum atomic E-state index is 11.3. The Labute approximate surface area is 106 Å². The Kier molecular flexibility index (Phi) is 5.87. The molecule has 0 saturated heterocycles. The summed E-state index contributed by atoms with van der Waals surface area (Å²) in [5, 5.41) is 11.1. The van der Waals surface area contributed by atoms with E-state index in [9.17, 15) is 9.59 Å². The molecule has 0 unspecified atom stereocenters. The molecule has 1 rings (SSSR count). The number of hydrogen-bond donors (Lipinski definition) is 2. The summed E-state index contributed by atoms with van der Waals surface area (Å²) in [5.74, 6) is -1.22. The molecule has 1 aromatic carbocycles. The predicted octanol–water partition coefficient (Wildman–Crippen LogP) is 1.31. The fourth-order valence-electron chi connectivity index (χ4n) is 1.51. The average molecular weight is 251 g/mol. The van der Waals surface area contributed by atoms with Gasteiger partial charge in [0.25, 0.3) is 0 Å². The van der Waals surface area contributed by atoms with Crippen LogP contribution in [0.4, 0.5) is 0 Å². The fraction of sp³-hybridized carbons (Fsp3) is 0.385. The van der Waals surface area contributed by atoms with Crippen molar-refractivity contribution in [2.24, 2.45) is 0 Å². The number of carbonyl (C=O) groups is 2. The second kappa shape index (κ2) is 7.45. The van der Waals surface area contributed by atoms with Gasteiger partial charge >= 0.3 is 5.97 Å². The van der Waals surface area contributed by atoms with E-state index in [2.05, 4.69) is 5.32 Å². The number of rotatable bonds is 7. The zero-order valence-electron chi connectivity index (χ0n) is 10.3. The molecule has 0 aromatic heterocycles. The van der Waals surface area contributed by atoms with Crippen molar-refractivity contribution in [2.75, 3.05) is 7.11 Å². The Balaban J connectivity index is 2.40. The molecule has 0 aliphatic rings. The van der Waals surface area contributed by atoms with Gasteiger partial charge in [-0.15, -0.1) is 0 Å². The Morgan fingerprint density at radius 3 is 2.67 bits per heavy atom. The Morgan fingerprint density at radius 2 is 2.00 bits per heavy atom. The topological polar surface area (TPSA) is 75.6 Å². The summed E-state index contributed by atoms with van der Waals surface area (Å²) in [5.41, 5.74) is 2.00. The van der Waals surface area contributed by atoms with E-state index < -0.39 is 5.97 Å². The zero-order valence-corrected chi connectivity index (χ0v) is 10.3. The second-order valence-electron chi connectivity index (χ2n) is 3.92. The molecule has 0 bridgehead atoms. The fourth-order valence-corrected chi connectivity index (χ4v) is 1.51. The van der Waals surface area contributed by atoms with E-state index in [1.54, 1.807) is 7.11 Å². The number of aliphatic carboxylic acids is 1. The maximum Gasteiger partial charge on any atom is 0.303 e. The third-order valence-corrected chi connectivity index (χ3v) is 2.36. The summed E-state index contributed by atoms with van der Waals surface area (Å²) in [6.45, 7) is 0.927. The van der Waals surface area contributed by atoms with E-state index in [4.69, 9.17) is 9.84 Å². The van der Waals surface area contributed by atoms with Crippen LogP contribution < -0.4 is 5.32 Å². The highest BCUT2D eigenvalue weighted by Crippen LogP contribution is 2.06. The first kappa shape index (κ1) is 14.2. The number of ether oxygens (including phenoxy) is 1. The van der Waals surface area contributed by atoms with Crippen LogP contribution in [-0.2, 0) is 27.5 Å². The van der Waals surface area contributed by atoms with Gasteiger partial charge < -0.3 is 15.2 Å². The van der Waals surface area contributed by atoms with E-state index in [0.717, 1.165) is 11.1 Å². The van der Waals surface area contributed by atoms with Gasteiger partial charge in [0, 0.05) is 20.1 Å². The van der Waals surface area contributed by atoms with E-state index in [1.165, 1.54) is 0 Å². The number of nitrogens with one attached hydrogen (secondary N) is 1. The molecule has 1 aromatic rings. The molecular weight excluding hydrogens is 234 g/mol. The van der Waals surface area contributed by atoms with Crippen molar-refractivity contribution in [1.29, 1.82) is 0 Å². The molecule has 5 heteroatoms. The van der Waals surface area contributed by atoms with Gasteiger partial charge in [-0.3, -0.25) is 9.59 Å². The first-order chi connectivity index (χ1) is 8.61. The third kappa shape index (κ3) is 5.45. The van der Waals surface area contributed by atoms with Gasteiger partial charge in [0.2, 0.25) is 5.91 Å². The minimum atomic E-state index is -0.966. The summed E-state index contributed by atoms with van der Waals surface area (Å²) in [6, 6.07) is 7.68. The minimum absolute atomic E-state index is 0.00704. The van der Waals surface area contributed by atoms with Crippen molar-refractivity contribution in [2.45, 2.75) is 26.0 Å². The van der Waals surface area contributed by atoms with Crippen molar-refractivity contribution in [1.82, 2.24) is 5.32 Å². The predicted molar refractivity (Wildman–Crippen MR) is 65.9 cm³/mol. The van der Waals surface area contributed by atoms with Crippen LogP contribution in [0.2, 0.25) is 0 Å². The lowest BCUT2D eigenvalue weighted by molar-refractivity contribution is -0.138. The molecule has 0 fully saturated rings. The molecule has 0 spiro atoms. The first-order valence-corrected chi connectivity index (χ1v) is 5.67. The monoisotopic (exact) mass is 251 g/mol. The summed E-state index contributed by atoms with van der Waals surface area (Å²) in [6.07, 6.45) is -0.136. The molecule has 0 atom stereocenters. The van der Waals surface area contributed by atoms with Crippen molar-refractivity contribution in [3.05, 3.63) is 35.4 Å². The molecule has 5 nitrogen and oxygen atoms in total. The normalized spacial score (nSPS) is 10.1. The zero-order chi connectivity index (χ0) is 13.4. The molecule has 2 N–H and O–H groups in total. The molecule has 0 radical (unpaired) electrons. The summed E-state index contributed by atoms with van der Waals surface area (Å²) >= 11 is 0.